The summed E-state index contributed by atoms with van der Waals surface area (Å²) in [5.41, 5.74) is 0.886. The standard InChI is InChI=1S/C17H22FN5O2S.HI/c1-19-17(21-9-7-14-4-2-5-15(18)12-14)22-10-11-23-26(24,25)16-6-3-8-20-13-16;/h2-6,8,12-13,23H,7,9-11H2,1H3,(H2,19,21,22);1H. The molecule has 0 saturated heterocycles. The molecule has 1 aromatic carbocycles. The van der Waals surface area contributed by atoms with Crippen LogP contribution in [0.2, 0.25) is 0 Å². The largest absolute Gasteiger partial charge is 0.356 e. The van der Waals surface area contributed by atoms with Crippen molar-refractivity contribution in [1.29, 1.82) is 0 Å². The van der Waals surface area contributed by atoms with Crippen molar-refractivity contribution in [3.8, 4) is 0 Å². The van der Waals surface area contributed by atoms with Gasteiger partial charge in [0.05, 0.1) is 0 Å². The lowest BCUT2D eigenvalue weighted by Gasteiger charge is -2.12. The van der Waals surface area contributed by atoms with Crippen LogP contribution in [-0.2, 0) is 16.4 Å². The minimum Gasteiger partial charge on any atom is -0.356 e. The normalized spacial score (nSPS) is 11.6. The predicted octanol–water partition coefficient (Wildman–Crippen LogP) is 1.52. The highest BCUT2D eigenvalue weighted by atomic mass is 127. The number of pyridine rings is 1. The van der Waals surface area contributed by atoms with E-state index in [0.29, 0.717) is 25.5 Å². The molecule has 0 saturated carbocycles. The Morgan fingerprint density at radius 3 is 2.59 bits per heavy atom. The summed E-state index contributed by atoms with van der Waals surface area (Å²) in [5.74, 6) is 0.285. The number of nitrogens with zero attached hydrogens (tertiary/aromatic N) is 2. The van der Waals surface area contributed by atoms with Gasteiger partial charge in [-0.25, -0.2) is 17.5 Å². The second-order valence-corrected chi connectivity index (χ2v) is 7.16. The van der Waals surface area contributed by atoms with Crippen LogP contribution in [0.3, 0.4) is 0 Å². The minimum atomic E-state index is -3.57. The fraction of sp³-hybridized carbons (Fsp3) is 0.294. The molecule has 2 aromatic rings. The van der Waals surface area contributed by atoms with E-state index in [4.69, 9.17) is 0 Å². The molecule has 10 heteroatoms. The predicted molar refractivity (Wildman–Crippen MR) is 114 cm³/mol. The van der Waals surface area contributed by atoms with Crippen LogP contribution in [0.25, 0.3) is 0 Å². The molecule has 148 valence electrons. The summed E-state index contributed by atoms with van der Waals surface area (Å²) in [7, 11) is -1.95. The van der Waals surface area contributed by atoms with Crippen molar-refractivity contribution in [1.82, 2.24) is 20.3 Å². The smallest absolute Gasteiger partial charge is 0.242 e. The Balaban J connectivity index is 0.00000364. The quantitative estimate of drug-likeness (QED) is 0.218. The molecule has 0 aliphatic carbocycles. The van der Waals surface area contributed by atoms with E-state index in [-0.39, 0.29) is 41.2 Å². The molecule has 0 radical (unpaired) electrons. The zero-order valence-corrected chi connectivity index (χ0v) is 18.0. The summed E-state index contributed by atoms with van der Waals surface area (Å²) in [6, 6.07) is 9.47. The lowest BCUT2D eigenvalue weighted by molar-refractivity contribution is 0.580. The Labute approximate surface area is 176 Å². The third kappa shape index (κ3) is 8.18. The van der Waals surface area contributed by atoms with Gasteiger partial charge in [-0.1, -0.05) is 12.1 Å². The first-order valence-electron chi connectivity index (χ1n) is 8.10. The second-order valence-electron chi connectivity index (χ2n) is 5.39. The summed E-state index contributed by atoms with van der Waals surface area (Å²) in [6.07, 6.45) is 3.45. The van der Waals surface area contributed by atoms with E-state index in [1.165, 1.54) is 30.6 Å². The third-order valence-corrected chi connectivity index (χ3v) is 4.92. The van der Waals surface area contributed by atoms with E-state index < -0.39 is 10.0 Å². The molecule has 0 aliphatic heterocycles. The van der Waals surface area contributed by atoms with Gasteiger partial charge in [0.15, 0.2) is 5.96 Å². The molecule has 1 heterocycles. The number of hydrogen-bond acceptors (Lipinski definition) is 4. The van der Waals surface area contributed by atoms with Crippen molar-refractivity contribution in [3.63, 3.8) is 0 Å². The molecule has 0 spiro atoms. The Hall–Kier alpha value is -1.79. The number of aliphatic imine (C=N–C) groups is 1. The highest BCUT2D eigenvalue weighted by Gasteiger charge is 2.12. The number of benzene rings is 1. The number of halogens is 2. The monoisotopic (exact) mass is 507 g/mol. The van der Waals surface area contributed by atoms with Crippen LogP contribution in [0.15, 0.2) is 58.7 Å². The lowest BCUT2D eigenvalue weighted by atomic mass is 10.1. The molecule has 0 amide bonds. The molecular formula is C17H23FIN5O2S. The van der Waals surface area contributed by atoms with Crippen molar-refractivity contribution in [2.24, 2.45) is 4.99 Å². The van der Waals surface area contributed by atoms with Crippen LogP contribution in [0, 0.1) is 5.82 Å². The van der Waals surface area contributed by atoms with Crippen molar-refractivity contribution in [2.75, 3.05) is 26.7 Å². The Morgan fingerprint density at radius 2 is 1.93 bits per heavy atom. The topological polar surface area (TPSA) is 95.5 Å². The fourth-order valence-electron chi connectivity index (χ4n) is 2.19. The molecule has 1 aromatic heterocycles. The van der Waals surface area contributed by atoms with Crippen LogP contribution >= 0.6 is 24.0 Å². The molecule has 0 unspecified atom stereocenters. The molecule has 27 heavy (non-hydrogen) atoms. The first-order chi connectivity index (χ1) is 12.5. The van der Waals surface area contributed by atoms with Gasteiger partial charge in [-0.3, -0.25) is 9.98 Å². The van der Waals surface area contributed by atoms with Gasteiger partial charge < -0.3 is 10.6 Å². The van der Waals surface area contributed by atoms with Crippen LogP contribution in [0.1, 0.15) is 5.56 Å². The molecule has 7 nitrogen and oxygen atoms in total. The molecular weight excluding hydrogens is 484 g/mol. The van der Waals surface area contributed by atoms with Crippen molar-refractivity contribution >= 4 is 40.0 Å². The third-order valence-electron chi connectivity index (χ3n) is 3.47. The van der Waals surface area contributed by atoms with Gasteiger partial charge >= 0.3 is 0 Å². The van der Waals surface area contributed by atoms with E-state index >= 15 is 0 Å². The van der Waals surface area contributed by atoms with Crippen LogP contribution in [-0.4, -0.2) is 46.0 Å². The van der Waals surface area contributed by atoms with E-state index in [0.717, 1.165) is 5.56 Å². The van der Waals surface area contributed by atoms with Gasteiger partial charge in [0.1, 0.15) is 10.7 Å². The second kappa shape index (κ2) is 11.8. The fourth-order valence-corrected chi connectivity index (χ4v) is 3.19. The van der Waals surface area contributed by atoms with Crippen molar-refractivity contribution < 1.29 is 12.8 Å². The van der Waals surface area contributed by atoms with Crippen LogP contribution in [0.5, 0.6) is 0 Å². The number of hydrogen-bond donors (Lipinski definition) is 3. The average Bonchev–Trinajstić information content (AvgIpc) is 2.64. The molecule has 0 atom stereocenters. The summed E-state index contributed by atoms with van der Waals surface area (Å²) in [5, 5.41) is 6.11. The zero-order chi connectivity index (χ0) is 18.8. The van der Waals surface area contributed by atoms with Crippen molar-refractivity contribution in [3.05, 3.63) is 60.2 Å². The lowest BCUT2D eigenvalue weighted by Crippen LogP contribution is -2.42. The Morgan fingerprint density at radius 1 is 1.15 bits per heavy atom. The first-order valence-corrected chi connectivity index (χ1v) is 9.58. The Bertz CT molecular complexity index is 834. The summed E-state index contributed by atoms with van der Waals surface area (Å²) >= 11 is 0. The molecule has 0 aliphatic rings. The average molecular weight is 507 g/mol. The van der Waals surface area contributed by atoms with Gasteiger partial charge in [-0.15, -0.1) is 24.0 Å². The van der Waals surface area contributed by atoms with Gasteiger partial charge in [0.25, 0.3) is 0 Å². The summed E-state index contributed by atoms with van der Waals surface area (Å²) in [6.45, 7) is 1.13. The SMILES string of the molecule is CN=C(NCCNS(=O)(=O)c1cccnc1)NCCc1cccc(F)c1.I. The summed E-state index contributed by atoms with van der Waals surface area (Å²) < 4.78 is 39.7. The van der Waals surface area contributed by atoms with Gasteiger partial charge in [-0.05, 0) is 36.2 Å². The zero-order valence-electron chi connectivity index (χ0n) is 14.9. The van der Waals surface area contributed by atoms with Crippen LogP contribution in [0.4, 0.5) is 4.39 Å². The summed E-state index contributed by atoms with van der Waals surface area (Å²) in [4.78, 5) is 7.98. The minimum absolute atomic E-state index is 0. The molecule has 0 bridgehead atoms. The van der Waals surface area contributed by atoms with Gasteiger partial charge in [0, 0.05) is 39.1 Å². The van der Waals surface area contributed by atoms with E-state index in [2.05, 4.69) is 25.3 Å². The molecule has 3 N–H and O–H groups in total. The van der Waals surface area contributed by atoms with E-state index in [9.17, 15) is 12.8 Å². The van der Waals surface area contributed by atoms with Crippen molar-refractivity contribution in [2.45, 2.75) is 11.3 Å². The molecule has 2 rings (SSSR count). The number of guanidine groups is 1. The highest BCUT2D eigenvalue weighted by molar-refractivity contribution is 14.0. The van der Waals surface area contributed by atoms with E-state index in [1.807, 2.05) is 6.07 Å². The first kappa shape index (κ1) is 23.2. The maximum atomic E-state index is 13.1. The number of nitrogens with one attached hydrogen (secondary N) is 3. The maximum Gasteiger partial charge on any atom is 0.242 e. The number of sulfonamides is 1. The van der Waals surface area contributed by atoms with Gasteiger partial charge in [-0.2, -0.15) is 0 Å². The maximum absolute atomic E-state index is 13.1. The Kier molecular flexibility index (Phi) is 10.2. The van der Waals surface area contributed by atoms with E-state index in [1.54, 1.807) is 19.2 Å². The van der Waals surface area contributed by atoms with Crippen LogP contribution < -0.4 is 15.4 Å². The highest BCUT2D eigenvalue weighted by Crippen LogP contribution is 2.04. The molecule has 0 fully saturated rings. The number of aromatic nitrogens is 1. The number of rotatable bonds is 8. The van der Waals surface area contributed by atoms with Gasteiger partial charge in [0.2, 0.25) is 10.0 Å².